The van der Waals surface area contributed by atoms with Gasteiger partial charge >= 0.3 is 0 Å². The standard InChI is InChI=1S/C6H9NO/c1-2-6(8)3-4-7-5-6/h1,7-8H,3-5H2/t6-/m1/s1. The average molecular weight is 111 g/mol. The molecule has 0 radical (unpaired) electrons. The summed E-state index contributed by atoms with van der Waals surface area (Å²) < 4.78 is 0. The third-order valence-electron chi connectivity index (χ3n) is 1.40. The summed E-state index contributed by atoms with van der Waals surface area (Å²) >= 11 is 0. The maximum atomic E-state index is 9.20. The number of nitrogens with one attached hydrogen (secondary N) is 1. The van der Waals surface area contributed by atoms with Crippen LogP contribution in [-0.4, -0.2) is 23.8 Å². The van der Waals surface area contributed by atoms with Crippen LogP contribution in [0.15, 0.2) is 0 Å². The zero-order valence-corrected chi connectivity index (χ0v) is 4.65. The summed E-state index contributed by atoms with van der Waals surface area (Å²) in [4.78, 5) is 0. The van der Waals surface area contributed by atoms with E-state index in [4.69, 9.17) is 6.42 Å². The lowest BCUT2D eigenvalue weighted by atomic mass is 10.1. The number of hydrogen-bond donors (Lipinski definition) is 2. The normalized spacial score (nSPS) is 37.0. The lowest BCUT2D eigenvalue weighted by Crippen LogP contribution is -2.28. The molecule has 1 fully saturated rings. The van der Waals surface area contributed by atoms with Crippen molar-refractivity contribution in [3.63, 3.8) is 0 Å². The van der Waals surface area contributed by atoms with E-state index in [2.05, 4.69) is 11.2 Å². The van der Waals surface area contributed by atoms with Crippen LogP contribution in [-0.2, 0) is 0 Å². The molecule has 2 nitrogen and oxygen atoms in total. The van der Waals surface area contributed by atoms with Crippen molar-refractivity contribution in [3.8, 4) is 12.3 Å². The van der Waals surface area contributed by atoms with Crippen LogP contribution in [0.5, 0.6) is 0 Å². The van der Waals surface area contributed by atoms with E-state index < -0.39 is 5.60 Å². The van der Waals surface area contributed by atoms with Crippen LogP contribution in [0.25, 0.3) is 0 Å². The van der Waals surface area contributed by atoms with Crippen molar-refractivity contribution in [3.05, 3.63) is 0 Å². The van der Waals surface area contributed by atoms with Crippen molar-refractivity contribution in [2.24, 2.45) is 0 Å². The van der Waals surface area contributed by atoms with Crippen LogP contribution in [0.3, 0.4) is 0 Å². The summed E-state index contributed by atoms with van der Waals surface area (Å²) in [5.41, 5.74) is -0.847. The van der Waals surface area contributed by atoms with E-state index in [1.165, 1.54) is 0 Å². The lowest BCUT2D eigenvalue weighted by molar-refractivity contribution is 0.124. The van der Waals surface area contributed by atoms with Crippen LogP contribution < -0.4 is 5.32 Å². The highest BCUT2D eigenvalue weighted by Gasteiger charge is 2.27. The monoisotopic (exact) mass is 111 g/mol. The van der Waals surface area contributed by atoms with Crippen molar-refractivity contribution >= 4 is 0 Å². The van der Waals surface area contributed by atoms with Gasteiger partial charge in [-0.1, -0.05) is 5.92 Å². The van der Waals surface area contributed by atoms with Gasteiger partial charge < -0.3 is 10.4 Å². The molecule has 2 N–H and O–H groups in total. The Balaban J connectivity index is 2.56. The van der Waals surface area contributed by atoms with E-state index >= 15 is 0 Å². The first-order valence-corrected chi connectivity index (χ1v) is 2.68. The van der Waals surface area contributed by atoms with E-state index in [9.17, 15) is 5.11 Å². The second kappa shape index (κ2) is 1.77. The summed E-state index contributed by atoms with van der Waals surface area (Å²) in [7, 11) is 0. The van der Waals surface area contributed by atoms with E-state index in [-0.39, 0.29) is 0 Å². The SMILES string of the molecule is C#C[C@@]1(O)CCNC1. The van der Waals surface area contributed by atoms with Gasteiger partial charge in [0.05, 0.1) is 0 Å². The zero-order chi connectivity index (χ0) is 6.04. The largest absolute Gasteiger partial charge is 0.376 e. The predicted octanol–water partition coefficient (Wildman–Crippen LogP) is -0.656. The Kier molecular flexibility index (Phi) is 1.24. The van der Waals surface area contributed by atoms with Gasteiger partial charge in [0.2, 0.25) is 0 Å². The maximum absolute atomic E-state index is 9.20. The van der Waals surface area contributed by atoms with Gasteiger partial charge in [-0.3, -0.25) is 0 Å². The number of hydrogen-bond acceptors (Lipinski definition) is 2. The molecule has 0 aromatic carbocycles. The first-order valence-electron chi connectivity index (χ1n) is 2.68. The summed E-state index contributed by atoms with van der Waals surface area (Å²) in [6.07, 6.45) is 5.71. The second-order valence-corrected chi connectivity index (χ2v) is 2.10. The minimum absolute atomic E-state index is 0.545. The molecule has 0 amide bonds. The van der Waals surface area contributed by atoms with E-state index in [0.717, 1.165) is 6.54 Å². The molecule has 2 heteroatoms. The van der Waals surface area contributed by atoms with Gasteiger partial charge in [-0.25, -0.2) is 0 Å². The quantitative estimate of drug-likeness (QED) is 0.407. The van der Waals surface area contributed by atoms with Gasteiger partial charge in [-0.05, 0) is 6.54 Å². The van der Waals surface area contributed by atoms with Crippen LogP contribution >= 0.6 is 0 Å². The predicted molar refractivity (Wildman–Crippen MR) is 31.3 cm³/mol. The molecule has 44 valence electrons. The molecule has 0 aliphatic carbocycles. The van der Waals surface area contributed by atoms with Crippen LogP contribution in [0.1, 0.15) is 6.42 Å². The molecule has 0 aromatic heterocycles. The van der Waals surface area contributed by atoms with Crippen LogP contribution in [0.2, 0.25) is 0 Å². The van der Waals surface area contributed by atoms with Crippen LogP contribution in [0.4, 0.5) is 0 Å². The number of rotatable bonds is 0. The smallest absolute Gasteiger partial charge is 0.138 e. The molecular formula is C6H9NO. The van der Waals surface area contributed by atoms with Gasteiger partial charge in [-0.2, -0.15) is 0 Å². The minimum atomic E-state index is -0.847. The van der Waals surface area contributed by atoms with Crippen molar-refractivity contribution in [2.75, 3.05) is 13.1 Å². The molecule has 0 spiro atoms. The summed E-state index contributed by atoms with van der Waals surface area (Å²) in [5, 5.41) is 12.2. The fourth-order valence-electron chi connectivity index (χ4n) is 0.802. The summed E-state index contributed by atoms with van der Waals surface area (Å²) in [6, 6.07) is 0. The molecule has 1 saturated heterocycles. The molecule has 1 aliphatic rings. The Bertz CT molecular complexity index is 119. The molecule has 1 rings (SSSR count). The Morgan fingerprint density at radius 3 is 2.75 bits per heavy atom. The third kappa shape index (κ3) is 0.835. The minimum Gasteiger partial charge on any atom is -0.376 e. The van der Waals surface area contributed by atoms with Crippen molar-refractivity contribution in [1.82, 2.24) is 5.32 Å². The molecule has 0 unspecified atom stereocenters. The molecule has 1 atom stereocenters. The lowest BCUT2D eigenvalue weighted by Gasteiger charge is -2.10. The Morgan fingerprint density at radius 1 is 1.75 bits per heavy atom. The summed E-state index contributed by atoms with van der Waals surface area (Å²) in [6.45, 7) is 1.38. The Hall–Kier alpha value is -0.520. The van der Waals surface area contributed by atoms with Gasteiger partial charge in [0, 0.05) is 13.0 Å². The van der Waals surface area contributed by atoms with Gasteiger partial charge in [0.1, 0.15) is 5.60 Å². The molecule has 0 bridgehead atoms. The number of terminal acetylenes is 1. The topological polar surface area (TPSA) is 32.3 Å². The highest BCUT2D eigenvalue weighted by Crippen LogP contribution is 2.11. The molecule has 1 aliphatic heterocycles. The van der Waals surface area contributed by atoms with E-state index in [1.54, 1.807) is 0 Å². The van der Waals surface area contributed by atoms with Gasteiger partial charge in [0.25, 0.3) is 0 Å². The van der Waals surface area contributed by atoms with Crippen molar-refractivity contribution in [2.45, 2.75) is 12.0 Å². The molecular weight excluding hydrogens is 102 g/mol. The van der Waals surface area contributed by atoms with Crippen LogP contribution in [0, 0.1) is 12.3 Å². The first-order chi connectivity index (χ1) is 3.77. The molecule has 8 heavy (non-hydrogen) atoms. The highest BCUT2D eigenvalue weighted by atomic mass is 16.3. The third-order valence-corrected chi connectivity index (χ3v) is 1.40. The maximum Gasteiger partial charge on any atom is 0.138 e. The Labute approximate surface area is 48.9 Å². The average Bonchev–Trinajstić information content (AvgIpc) is 2.17. The van der Waals surface area contributed by atoms with E-state index in [0.29, 0.717) is 13.0 Å². The molecule has 0 saturated carbocycles. The highest BCUT2D eigenvalue weighted by molar-refractivity contribution is 5.11. The van der Waals surface area contributed by atoms with Crippen molar-refractivity contribution < 1.29 is 5.11 Å². The fourth-order valence-corrected chi connectivity index (χ4v) is 0.802. The number of aliphatic hydroxyl groups is 1. The fraction of sp³-hybridized carbons (Fsp3) is 0.667. The molecule has 0 aromatic rings. The Morgan fingerprint density at radius 2 is 2.50 bits per heavy atom. The second-order valence-electron chi connectivity index (χ2n) is 2.10. The van der Waals surface area contributed by atoms with Crippen molar-refractivity contribution in [1.29, 1.82) is 0 Å². The first kappa shape index (κ1) is 5.61. The zero-order valence-electron chi connectivity index (χ0n) is 4.65. The van der Waals surface area contributed by atoms with Gasteiger partial charge in [-0.15, -0.1) is 6.42 Å². The molecule has 1 heterocycles. The number of β-amino-alcohol motifs (C(OH)–C–C–N with tert-alkyl or cyclic N) is 1. The van der Waals surface area contributed by atoms with Gasteiger partial charge in [0.15, 0.2) is 0 Å². The van der Waals surface area contributed by atoms with E-state index in [1.807, 2.05) is 0 Å². The summed E-state index contributed by atoms with van der Waals surface area (Å²) in [5.74, 6) is 2.33.